The Morgan fingerprint density at radius 1 is 1.16 bits per heavy atom. The van der Waals surface area contributed by atoms with E-state index in [1.54, 1.807) is 30.2 Å². The summed E-state index contributed by atoms with van der Waals surface area (Å²) < 4.78 is 18.2. The molecule has 0 aliphatic carbocycles. The Labute approximate surface area is 190 Å². The number of carbonyl (C=O) groups excluding carboxylic acids is 1. The molecule has 0 bridgehead atoms. The van der Waals surface area contributed by atoms with Crippen molar-refractivity contribution in [3.8, 4) is 17.2 Å². The Bertz CT molecular complexity index is 1100. The van der Waals surface area contributed by atoms with Gasteiger partial charge in [-0.25, -0.2) is 4.98 Å². The highest BCUT2D eigenvalue weighted by atomic mass is 35.5. The monoisotopic (exact) mass is 461 g/mol. The van der Waals surface area contributed by atoms with E-state index >= 15 is 0 Å². The van der Waals surface area contributed by atoms with Gasteiger partial charge in [-0.2, -0.15) is 0 Å². The largest absolute Gasteiger partial charge is 0.494 e. The predicted molar refractivity (Wildman–Crippen MR) is 123 cm³/mol. The maximum Gasteiger partial charge on any atom is 0.273 e. The number of ether oxygens (including phenoxy) is 3. The van der Waals surface area contributed by atoms with E-state index in [1.165, 1.54) is 11.3 Å². The topological polar surface area (TPSA) is 64.1 Å². The van der Waals surface area contributed by atoms with Crippen LogP contribution in [0.3, 0.4) is 0 Å². The van der Waals surface area contributed by atoms with Gasteiger partial charge in [-0.1, -0.05) is 35.1 Å². The zero-order valence-corrected chi connectivity index (χ0v) is 19.4. The van der Waals surface area contributed by atoms with Crippen LogP contribution in [0.1, 0.15) is 6.92 Å². The van der Waals surface area contributed by atoms with E-state index < -0.39 is 12.2 Å². The molecule has 1 aromatic heterocycles. The Morgan fingerprint density at radius 2 is 1.87 bits per heavy atom. The molecular weight excluding hydrogens is 438 g/mol. The number of rotatable bonds is 6. The summed E-state index contributed by atoms with van der Waals surface area (Å²) in [5.41, 5.74) is 0.636. The van der Waals surface area contributed by atoms with E-state index in [4.69, 9.17) is 30.8 Å². The van der Waals surface area contributed by atoms with E-state index in [2.05, 4.69) is 0 Å². The number of carbonyl (C=O) groups is 1. The lowest BCUT2D eigenvalue weighted by atomic mass is 10.1. The molecular formula is C22H24ClN3O4S. The van der Waals surface area contributed by atoms with Crippen molar-refractivity contribution >= 4 is 44.2 Å². The van der Waals surface area contributed by atoms with Gasteiger partial charge < -0.3 is 19.1 Å². The zero-order valence-electron chi connectivity index (χ0n) is 17.8. The van der Waals surface area contributed by atoms with Crippen molar-refractivity contribution in [2.75, 3.05) is 39.2 Å². The molecule has 1 aliphatic heterocycles. The molecule has 31 heavy (non-hydrogen) atoms. The predicted octanol–water partition coefficient (Wildman–Crippen LogP) is 4.08. The normalized spacial score (nSPS) is 17.7. The Morgan fingerprint density at radius 3 is 2.55 bits per heavy atom. The number of methoxy groups -OCH3 is 1. The summed E-state index contributed by atoms with van der Waals surface area (Å²) in [6.07, 6.45) is -1.24. The van der Waals surface area contributed by atoms with Crippen LogP contribution in [0.4, 0.5) is 5.13 Å². The van der Waals surface area contributed by atoms with Gasteiger partial charge in [0, 0.05) is 13.1 Å². The first kappa shape index (κ1) is 21.7. The van der Waals surface area contributed by atoms with Gasteiger partial charge in [0.15, 0.2) is 16.6 Å². The van der Waals surface area contributed by atoms with Crippen molar-refractivity contribution in [2.24, 2.45) is 0 Å². The molecule has 2 aromatic carbocycles. The molecule has 0 N–H and O–H groups in total. The maximum atomic E-state index is 13.7. The van der Waals surface area contributed by atoms with Gasteiger partial charge in [0.25, 0.3) is 5.91 Å². The summed E-state index contributed by atoms with van der Waals surface area (Å²) >= 11 is 7.76. The molecule has 1 aliphatic rings. The highest BCUT2D eigenvalue weighted by molar-refractivity contribution is 7.23. The van der Waals surface area contributed by atoms with E-state index in [9.17, 15) is 4.79 Å². The van der Waals surface area contributed by atoms with Crippen LogP contribution >= 0.6 is 22.9 Å². The molecule has 2 atom stereocenters. The SMILES string of the molecule is COc1ccc(Cl)c2sc(N(CCN(C)C)C(=O)C3Oc4ccccc4OC3C)nc12. The van der Waals surface area contributed by atoms with Crippen LogP contribution in [0.15, 0.2) is 36.4 Å². The third kappa shape index (κ3) is 4.28. The van der Waals surface area contributed by atoms with E-state index in [1.807, 2.05) is 44.1 Å². The van der Waals surface area contributed by atoms with Crippen LogP contribution in [0.2, 0.25) is 5.02 Å². The number of likely N-dealkylation sites (N-methyl/N-ethyl adjacent to an activating group) is 1. The lowest BCUT2D eigenvalue weighted by Gasteiger charge is -2.34. The van der Waals surface area contributed by atoms with Gasteiger partial charge in [-0.3, -0.25) is 9.69 Å². The summed E-state index contributed by atoms with van der Waals surface area (Å²) in [5, 5.41) is 1.11. The third-order valence-electron chi connectivity index (χ3n) is 5.02. The summed E-state index contributed by atoms with van der Waals surface area (Å²) in [6.45, 7) is 2.94. The summed E-state index contributed by atoms with van der Waals surface area (Å²) in [4.78, 5) is 22.0. The molecule has 2 unspecified atom stereocenters. The Hall–Kier alpha value is -2.55. The van der Waals surface area contributed by atoms with E-state index in [-0.39, 0.29) is 5.91 Å². The molecule has 0 saturated heterocycles. The summed E-state index contributed by atoms with van der Waals surface area (Å²) in [5.74, 6) is 1.59. The number of benzene rings is 2. The molecule has 0 radical (unpaired) electrons. The van der Waals surface area contributed by atoms with Crippen molar-refractivity contribution < 1.29 is 19.0 Å². The number of anilines is 1. The molecule has 1 amide bonds. The first-order chi connectivity index (χ1) is 14.9. The zero-order chi connectivity index (χ0) is 22.1. The molecule has 0 fully saturated rings. The molecule has 0 spiro atoms. The molecule has 3 aromatic rings. The minimum absolute atomic E-state index is 0.210. The molecule has 4 rings (SSSR count). The maximum absolute atomic E-state index is 13.7. The fourth-order valence-corrected chi connectivity index (χ4v) is 4.65. The molecule has 9 heteroatoms. The Kier molecular flexibility index (Phi) is 6.22. The number of hydrogen-bond donors (Lipinski definition) is 0. The minimum atomic E-state index is -0.790. The van der Waals surface area contributed by atoms with Gasteiger partial charge in [0.05, 0.1) is 16.8 Å². The third-order valence-corrected chi connectivity index (χ3v) is 6.56. The average molecular weight is 462 g/mol. The van der Waals surface area contributed by atoms with Crippen LogP contribution in [0.5, 0.6) is 17.2 Å². The standard InChI is InChI=1S/C22H24ClN3O4S/c1-13-19(30-16-8-6-5-7-15(16)29-13)21(27)26(12-11-25(2)3)22-24-18-17(28-4)10-9-14(23)20(18)31-22/h5-10,13,19H,11-12H2,1-4H3. The van der Waals surface area contributed by atoms with Gasteiger partial charge >= 0.3 is 0 Å². The summed E-state index contributed by atoms with van der Waals surface area (Å²) in [6, 6.07) is 10.9. The van der Waals surface area contributed by atoms with Crippen molar-refractivity contribution in [3.63, 3.8) is 0 Å². The highest BCUT2D eigenvalue weighted by Crippen LogP contribution is 2.40. The minimum Gasteiger partial charge on any atom is -0.494 e. The van der Waals surface area contributed by atoms with Crippen LogP contribution < -0.4 is 19.1 Å². The van der Waals surface area contributed by atoms with E-state index in [0.717, 1.165) is 4.70 Å². The number of amides is 1. The second-order valence-electron chi connectivity index (χ2n) is 7.53. The Balaban J connectivity index is 1.71. The molecule has 7 nitrogen and oxygen atoms in total. The van der Waals surface area contributed by atoms with Crippen LogP contribution in [0.25, 0.3) is 10.2 Å². The van der Waals surface area contributed by atoms with Crippen molar-refractivity contribution in [2.45, 2.75) is 19.1 Å². The quantitative estimate of drug-likeness (QED) is 0.551. The number of halogens is 1. The smallest absolute Gasteiger partial charge is 0.273 e. The van der Waals surface area contributed by atoms with Gasteiger partial charge in [-0.15, -0.1) is 0 Å². The second-order valence-corrected chi connectivity index (χ2v) is 8.91. The number of aromatic nitrogens is 1. The number of nitrogens with zero attached hydrogens (tertiary/aromatic N) is 3. The lowest BCUT2D eigenvalue weighted by molar-refractivity contribution is -0.130. The highest BCUT2D eigenvalue weighted by Gasteiger charge is 2.38. The fourth-order valence-electron chi connectivity index (χ4n) is 3.37. The average Bonchev–Trinajstić information content (AvgIpc) is 3.19. The van der Waals surface area contributed by atoms with Crippen LogP contribution in [0, 0.1) is 0 Å². The van der Waals surface area contributed by atoms with Gasteiger partial charge in [-0.05, 0) is 45.3 Å². The number of para-hydroxylation sites is 2. The lowest BCUT2D eigenvalue weighted by Crippen LogP contribution is -2.52. The first-order valence-electron chi connectivity index (χ1n) is 9.90. The van der Waals surface area contributed by atoms with Crippen LogP contribution in [-0.4, -0.2) is 62.3 Å². The number of fused-ring (bicyclic) bond motifs is 2. The fraction of sp³-hybridized carbons (Fsp3) is 0.364. The number of hydrogen-bond acceptors (Lipinski definition) is 7. The summed E-state index contributed by atoms with van der Waals surface area (Å²) in [7, 11) is 5.50. The second kappa shape index (κ2) is 8.90. The van der Waals surface area contributed by atoms with Crippen molar-refractivity contribution in [1.82, 2.24) is 9.88 Å². The van der Waals surface area contributed by atoms with Gasteiger partial charge in [0.1, 0.15) is 17.4 Å². The van der Waals surface area contributed by atoms with Gasteiger partial charge in [0.2, 0.25) is 6.10 Å². The molecule has 0 saturated carbocycles. The molecule has 164 valence electrons. The van der Waals surface area contributed by atoms with Crippen molar-refractivity contribution in [3.05, 3.63) is 41.4 Å². The first-order valence-corrected chi connectivity index (χ1v) is 11.1. The van der Waals surface area contributed by atoms with Crippen LogP contribution in [-0.2, 0) is 4.79 Å². The molecule has 2 heterocycles. The van der Waals surface area contributed by atoms with E-state index in [0.29, 0.717) is 46.0 Å². The number of thiazole rings is 1. The van der Waals surface area contributed by atoms with Crippen molar-refractivity contribution in [1.29, 1.82) is 0 Å².